The van der Waals surface area contributed by atoms with Gasteiger partial charge in [-0.2, -0.15) is 8.78 Å². The van der Waals surface area contributed by atoms with E-state index in [-0.39, 0.29) is 12.3 Å². The summed E-state index contributed by atoms with van der Waals surface area (Å²) in [5.41, 5.74) is 6.92. The van der Waals surface area contributed by atoms with Gasteiger partial charge in [0.25, 0.3) is 11.9 Å². The first-order valence-electron chi connectivity index (χ1n) is 6.55. The molecular weight excluding hydrogens is 317 g/mol. The van der Waals surface area contributed by atoms with E-state index in [0.717, 1.165) is 12.1 Å². The third-order valence-corrected chi connectivity index (χ3v) is 3.47. The Morgan fingerprint density at radius 2 is 2.17 bits per heavy atom. The molecule has 23 heavy (non-hydrogen) atoms. The summed E-state index contributed by atoms with van der Waals surface area (Å²) in [6.45, 7) is -1.28. The fourth-order valence-electron chi connectivity index (χ4n) is 2.29. The lowest BCUT2D eigenvalue weighted by atomic mass is 9.83. The molecule has 4 N–H and O–H groups in total. The van der Waals surface area contributed by atoms with Gasteiger partial charge in [-0.3, -0.25) is 4.79 Å². The maximum absolute atomic E-state index is 14.6. The minimum absolute atomic E-state index is 0.172. The highest BCUT2D eigenvalue weighted by atomic mass is 19.3. The molecule has 1 atom stereocenters. The molecule has 2 heterocycles. The molecule has 0 aliphatic carbocycles. The van der Waals surface area contributed by atoms with E-state index in [0.29, 0.717) is 0 Å². The van der Waals surface area contributed by atoms with Crippen LogP contribution in [0.5, 0.6) is 0 Å². The van der Waals surface area contributed by atoms with Crippen LogP contribution in [0.3, 0.4) is 0 Å². The van der Waals surface area contributed by atoms with E-state index in [2.05, 4.69) is 14.7 Å². The SMILES string of the molecule is COCC[C@@]1(c2nc(C(N)=O)ccc2F)N=C(N)OCC1(F)F. The number of aromatic nitrogens is 1. The molecule has 0 unspecified atom stereocenters. The van der Waals surface area contributed by atoms with E-state index >= 15 is 0 Å². The van der Waals surface area contributed by atoms with Crippen molar-refractivity contribution < 1.29 is 27.4 Å². The molecule has 10 heteroatoms. The van der Waals surface area contributed by atoms with E-state index in [1.165, 1.54) is 7.11 Å². The van der Waals surface area contributed by atoms with Crippen molar-refractivity contribution >= 4 is 11.9 Å². The first-order valence-corrected chi connectivity index (χ1v) is 6.55. The van der Waals surface area contributed by atoms with E-state index in [1.54, 1.807) is 0 Å². The second-order valence-electron chi connectivity index (χ2n) is 4.94. The Bertz CT molecular complexity index is 653. The molecule has 0 spiro atoms. The molecule has 1 amide bonds. The molecule has 1 aromatic heterocycles. The molecule has 0 bridgehead atoms. The minimum atomic E-state index is -3.63. The van der Waals surface area contributed by atoms with Gasteiger partial charge in [0.05, 0.1) is 0 Å². The summed E-state index contributed by atoms with van der Waals surface area (Å²) in [7, 11) is 1.29. The summed E-state index contributed by atoms with van der Waals surface area (Å²) >= 11 is 0. The molecule has 0 saturated heterocycles. The van der Waals surface area contributed by atoms with Gasteiger partial charge in [0, 0.05) is 20.1 Å². The first-order chi connectivity index (χ1) is 10.7. The number of methoxy groups -OCH3 is 1. The highest BCUT2D eigenvalue weighted by molar-refractivity contribution is 5.90. The molecule has 1 aliphatic rings. The average molecular weight is 332 g/mol. The number of nitrogens with two attached hydrogens (primary N) is 2. The smallest absolute Gasteiger partial charge is 0.312 e. The van der Waals surface area contributed by atoms with Gasteiger partial charge in [-0.1, -0.05) is 0 Å². The third kappa shape index (κ3) is 2.93. The van der Waals surface area contributed by atoms with Crippen molar-refractivity contribution in [3.05, 3.63) is 29.3 Å². The second-order valence-corrected chi connectivity index (χ2v) is 4.94. The third-order valence-electron chi connectivity index (χ3n) is 3.47. The molecular formula is C13H15F3N4O3. The highest BCUT2D eigenvalue weighted by Crippen LogP contribution is 2.46. The molecule has 0 aromatic carbocycles. The van der Waals surface area contributed by atoms with Crippen molar-refractivity contribution in [1.29, 1.82) is 0 Å². The topological polar surface area (TPSA) is 113 Å². The standard InChI is InChI=1S/C13H15F3N4O3/c1-22-5-4-12(13(15,16)6-23-11(18)20-12)9-7(14)2-3-8(19-9)10(17)21/h2-3H,4-6H2,1H3,(H2,17,21)(H2,18,20)/t12-/m0/s1. The molecule has 0 radical (unpaired) electrons. The number of primary amides is 1. The molecule has 1 aliphatic heterocycles. The van der Waals surface area contributed by atoms with Crippen molar-refractivity contribution in [1.82, 2.24) is 4.98 Å². The van der Waals surface area contributed by atoms with Crippen LogP contribution in [0.1, 0.15) is 22.6 Å². The molecule has 126 valence electrons. The number of hydrogen-bond donors (Lipinski definition) is 2. The Labute approximate surface area is 129 Å². The number of amides is 1. The van der Waals surface area contributed by atoms with Gasteiger partial charge in [-0.25, -0.2) is 14.4 Å². The van der Waals surface area contributed by atoms with Crippen LogP contribution in [-0.2, 0) is 15.0 Å². The fraction of sp³-hybridized carbons (Fsp3) is 0.462. The van der Waals surface area contributed by atoms with Crippen LogP contribution in [0.15, 0.2) is 17.1 Å². The van der Waals surface area contributed by atoms with E-state index in [4.69, 9.17) is 16.2 Å². The summed E-state index contributed by atoms with van der Waals surface area (Å²) in [4.78, 5) is 18.5. The number of carbonyl (C=O) groups excluding carboxylic acids is 1. The predicted molar refractivity (Wildman–Crippen MR) is 73.4 cm³/mol. The van der Waals surface area contributed by atoms with Crippen LogP contribution >= 0.6 is 0 Å². The Kier molecular flexibility index (Phi) is 4.46. The normalized spacial score (nSPS) is 23.0. The van der Waals surface area contributed by atoms with Crippen LogP contribution in [-0.4, -0.2) is 43.2 Å². The van der Waals surface area contributed by atoms with Gasteiger partial charge in [-0.05, 0) is 12.1 Å². The van der Waals surface area contributed by atoms with Gasteiger partial charge in [0.1, 0.15) is 17.2 Å². The van der Waals surface area contributed by atoms with Crippen molar-refractivity contribution in [2.45, 2.75) is 17.9 Å². The fourth-order valence-corrected chi connectivity index (χ4v) is 2.29. The zero-order valence-corrected chi connectivity index (χ0v) is 12.2. The van der Waals surface area contributed by atoms with Crippen molar-refractivity contribution in [3.63, 3.8) is 0 Å². The number of amidine groups is 1. The van der Waals surface area contributed by atoms with Crippen molar-refractivity contribution in [2.24, 2.45) is 16.5 Å². The van der Waals surface area contributed by atoms with Gasteiger partial charge >= 0.3 is 5.92 Å². The van der Waals surface area contributed by atoms with Crippen molar-refractivity contribution in [2.75, 3.05) is 20.3 Å². The lowest BCUT2D eigenvalue weighted by Gasteiger charge is -2.39. The monoisotopic (exact) mass is 332 g/mol. The van der Waals surface area contributed by atoms with Crippen LogP contribution in [0.2, 0.25) is 0 Å². The second kappa shape index (κ2) is 6.03. The molecule has 7 nitrogen and oxygen atoms in total. The number of hydrogen-bond acceptors (Lipinski definition) is 6. The van der Waals surface area contributed by atoms with Crippen LogP contribution in [0, 0.1) is 5.82 Å². The Morgan fingerprint density at radius 1 is 1.48 bits per heavy atom. The zero-order chi connectivity index (χ0) is 17.3. The van der Waals surface area contributed by atoms with E-state index in [1.807, 2.05) is 0 Å². The van der Waals surface area contributed by atoms with Crippen molar-refractivity contribution in [3.8, 4) is 0 Å². The summed E-state index contributed by atoms with van der Waals surface area (Å²) in [6.07, 6.45) is -0.424. The summed E-state index contributed by atoms with van der Waals surface area (Å²) in [5.74, 6) is -5.68. The Morgan fingerprint density at radius 3 is 2.78 bits per heavy atom. The van der Waals surface area contributed by atoms with Gasteiger partial charge in [-0.15, -0.1) is 0 Å². The Balaban J connectivity index is 2.70. The summed E-state index contributed by atoms with van der Waals surface area (Å²) in [6, 6.07) is 1.29. The van der Waals surface area contributed by atoms with Gasteiger partial charge in [0.15, 0.2) is 12.1 Å². The number of aliphatic imine (C=N–C) groups is 1. The number of ether oxygens (including phenoxy) is 2. The first kappa shape index (κ1) is 17.0. The van der Waals surface area contributed by atoms with Gasteiger partial charge in [0.2, 0.25) is 0 Å². The highest BCUT2D eigenvalue weighted by Gasteiger charge is 2.60. The van der Waals surface area contributed by atoms with Crippen LogP contribution in [0.25, 0.3) is 0 Å². The number of nitrogens with zero attached hydrogens (tertiary/aromatic N) is 2. The largest absolute Gasteiger partial charge is 0.459 e. The van der Waals surface area contributed by atoms with E-state index < -0.39 is 47.9 Å². The Hall–Kier alpha value is -2.36. The van der Waals surface area contributed by atoms with E-state index in [9.17, 15) is 18.0 Å². The number of rotatable bonds is 5. The quantitative estimate of drug-likeness (QED) is 0.817. The lowest BCUT2D eigenvalue weighted by molar-refractivity contribution is -0.131. The zero-order valence-electron chi connectivity index (χ0n) is 12.2. The number of alkyl halides is 2. The van der Waals surface area contributed by atoms with Crippen LogP contribution < -0.4 is 11.5 Å². The maximum Gasteiger partial charge on any atom is 0.312 e. The molecule has 2 rings (SSSR count). The maximum atomic E-state index is 14.6. The summed E-state index contributed by atoms with van der Waals surface area (Å²) in [5, 5.41) is 0. The number of carbonyl (C=O) groups is 1. The minimum Gasteiger partial charge on any atom is -0.459 e. The molecule has 0 saturated carbocycles. The summed E-state index contributed by atoms with van der Waals surface area (Å²) < 4.78 is 52.7. The average Bonchev–Trinajstić information content (AvgIpc) is 2.48. The number of halogens is 3. The number of pyridine rings is 1. The predicted octanol–water partition coefficient (Wildman–Crippen LogP) is 0.532. The molecule has 1 aromatic rings. The lowest BCUT2D eigenvalue weighted by Crippen LogP contribution is -2.54. The van der Waals surface area contributed by atoms with Gasteiger partial charge < -0.3 is 20.9 Å². The van der Waals surface area contributed by atoms with Crippen LogP contribution in [0.4, 0.5) is 13.2 Å². The molecule has 0 fully saturated rings.